The van der Waals surface area contributed by atoms with Crippen molar-refractivity contribution in [2.45, 2.75) is 19.3 Å². The van der Waals surface area contributed by atoms with Crippen LogP contribution in [0.15, 0.2) is 23.5 Å². The van der Waals surface area contributed by atoms with E-state index in [1.54, 1.807) is 24.0 Å². The van der Waals surface area contributed by atoms with Crippen molar-refractivity contribution in [1.82, 2.24) is 14.9 Å². The molecular weight excluding hydrogens is 366 g/mol. The van der Waals surface area contributed by atoms with E-state index >= 15 is 0 Å². The summed E-state index contributed by atoms with van der Waals surface area (Å²) in [4.78, 5) is 34.0. The van der Waals surface area contributed by atoms with Gasteiger partial charge in [-0.1, -0.05) is 18.0 Å². The van der Waals surface area contributed by atoms with Crippen molar-refractivity contribution in [2.75, 3.05) is 12.3 Å². The van der Waals surface area contributed by atoms with Gasteiger partial charge in [-0.15, -0.1) is 0 Å². The van der Waals surface area contributed by atoms with Crippen LogP contribution in [-0.2, 0) is 7.05 Å². The number of carbonyl (C=O) groups is 2. The Morgan fingerprint density at radius 2 is 2.22 bits per heavy atom. The molecule has 1 unspecified atom stereocenters. The smallest absolute Gasteiger partial charge is 0.254 e. The fraction of sp³-hybridized carbons (Fsp3) is 0.368. The molecular formula is C19H20ClN5O2. The quantitative estimate of drug-likeness (QED) is 0.784. The normalized spacial score (nSPS) is 20.9. The van der Waals surface area contributed by atoms with Crippen LogP contribution in [0.25, 0.3) is 0 Å². The predicted molar refractivity (Wildman–Crippen MR) is 105 cm³/mol. The number of aryl methyl sites for hydroxylation is 1. The number of pyridine rings is 1. The van der Waals surface area contributed by atoms with Gasteiger partial charge in [0.2, 0.25) is 0 Å². The SMILES string of the molecule is [2H]C([2H])([2H])NC(=O)c1cnc(Cl)cc1Nc1cn(C)c2c1C(=O)C(C1CCC1)C=N2. The lowest BCUT2D eigenvalue weighted by Gasteiger charge is -2.32. The van der Waals surface area contributed by atoms with Crippen LogP contribution in [0, 0.1) is 11.8 Å². The Labute approximate surface area is 166 Å². The molecule has 0 saturated heterocycles. The molecule has 0 spiro atoms. The first kappa shape index (κ1) is 14.4. The molecule has 2 aliphatic rings. The highest BCUT2D eigenvalue weighted by Gasteiger charge is 2.37. The zero-order valence-electron chi connectivity index (χ0n) is 17.6. The number of carbonyl (C=O) groups excluding carboxylic acids is 2. The van der Waals surface area contributed by atoms with Crippen LogP contribution in [0.1, 0.15) is 44.1 Å². The van der Waals surface area contributed by atoms with Crippen molar-refractivity contribution in [3.05, 3.63) is 34.7 Å². The number of hydrogen-bond acceptors (Lipinski definition) is 5. The minimum atomic E-state index is -2.65. The van der Waals surface area contributed by atoms with Gasteiger partial charge in [0.15, 0.2) is 5.78 Å². The van der Waals surface area contributed by atoms with Crippen LogP contribution in [0.4, 0.5) is 17.2 Å². The van der Waals surface area contributed by atoms with Gasteiger partial charge in [-0.3, -0.25) is 9.59 Å². The number of nitrogens with zero attached hydrogens (tertiary/aromatic N) is 3. The summed E-state index contributed by atoms with van der Waals surface area (Å²) in [5.41, 5.74) is 1.17. The highest BCUT2D eigenvalue weighted by Crippen LogP contribution is 2.42. The standard InChI is InChI=1S/C19H20ClN5O2/c1-21-19(27)12-8-22-15(20)6-13(12)24-14-9-25(2)18-16(14)17(26)11(7-23-18)10-4-3-5-10/h6-11H,3-5H2,1-2H3,(H,21,27)(H,22,24)/i1D3. The van der Waals surface area contributed by atoms with E-state index in [0.29, 0.717) is 23.0 Å². The molecule has 2 N–H and O–H groups in total. The molecule has 1 aliphatic carbocycles. The molecule has 27 heavy (non-hydrogen) atoms. The number of hydrogen-bond donors (Lipinski definition) is 2. The first-order valence-electron chi connectivity index (χ1n) is 10.2. The van der Waals surface area contributed by atoms with Crippen LogP contribution in [0.5, 0.6) is 0 Å². The fourth-order valence-electron chi connectivity index (χ4n) is 3.56. The van der Waals surface area contributed by atoms with Crippen LogP contribution in [-0.4, -0.2) is 34.4 Å². The molecule has 3 heterocycles. The number of amides is 1. The number of ketones is 1. The summed E-state index contributed by atoms with van der Waals surface area (Å²) in [5.74, 6) is -0.261. The van der Waals surface area contributed by atoms with E-state index in [-0.39, 0.29) is 28.1 Å². The lowest BCUT2D eigenvalue weighted by molar-refractivity contribution is 0.0885. The topological polar surface area (TPSA) is 88.4 Å². The maximum atomic E-state index is 13.2. The third-order valence-electron chi connectivity index (χ3n) is 5.21. The summed E-state index contributed by atoms with van der Waals surface area (Å²) < 4.78 is 23.5. The van der Waals surface area contributed by atoms with Crippen molar-refractivity contribution >= 4 is 46.7 Å². The molecule has 1 atom stereocenters. The van der Waals surface area contributed by atoms with Crippen LogP contribution < -0.4 is 10.6 Å². The van der Waals surface area contributed by atoms with Gasteiger partial charge >= 0.3 is 0 Å². The molecule has 1 saturated carbocycles. The molecule has 1 aliphatic heterocycles. The zero-order valence-corrected chi connectivity index (χ0v) is 15.4. The van der Waals surface area contributed by atoms with Crippen LogP contribution in [0.2, 0.25) is 5.15 Å². The molecule has 7 nitrogen and oxygen atoms in total. The van der Waals surface area contributed by atoms with Gasteiger partial charge in [-0.05, 0) is 24.8 Å². The largest absolute Gasteiger partial charge is 0.355 e. The van der Waals surface area contributed by atoms with Crippen LogP contribution >= 0.6 is 11.6 Å². The van der Waals surface area contributed by atoms with Crippen molar-refractivity contribution in [1.29, 1.82) is 0 Å². The lowest BCUT2D eigenvalue weighted by Crippen LogP contribution is -2.32. The Bertz CT molecular complexity index is 1060. The maximum absolute atomic E-state index is 13.2. The highest BCUT2D eigenvalue weighted by atomic mass is 35.5. The van der Waals surface area contributed by atoms with E-state index in [9.17, 15) is 9.59 Å². The average Bonchev–Trinajstić information content (AvgIpc) is 2.90. The number of anilines is 2. The number of nitrogens with one attached hydrogen (secondary N) is 2. The number of aliphatic imine (C=N–C) groups is 1. The Hall–Kier alpha value is -2.67. The fourth-order valence-corrected chi connectivity index (χ4v) is 3.71. The summed E-state index contributed by atoms with van der Waals surface area (Å²) in [6.45, 7) is -2.65. The second-order valence-electron chi connectivity index (χ2n) is 6.84. The summed E-state index contributed by atoms with van der Waals surface area (Å²) >= 11 is 6.00. The van der Waals surface area contributed by atoms with Gasteiger partial charge in [0.25, 0.3) is 5.91 Å². The lowest BCUT2D eigenvalue weighted by atomic mass is 9.73. The van der Waals surface area contributed by atoms with Gasteiger partial charge in [0.05, 0.1) is 28.4 Å². The third kappa shape index (κ3) is 3.02. The van der Waals surface area contributed by atoms with Crippen LogP contribution in [0.3, 0.4) is 0 Å². The molecule has 0 aromatic carbocycles. The Kier molecular flexibility index (Phi) is 3.63. The highest BCUT2D eigenvalue weighted by molar-refractivity contribution is 6.30. The van der Waals surface area contributed by atoms with Crippen molar-refractivity contribution in [3.63, 3.8) is 0 Å². The first-order valence-corrected chi connectivity index (χ1v) is 9.04. The number of rotatable bonds is 4. The van der Waals surface area contributed by atoms with Gasteiger partial charge < -0.3 is 15.2 Å². The summed E-state index contributed by atoms with van der Waals surface area (Å²) in [7, 11) is 1.78. The minimum Gasteiger partial charge on any atom is -0.355 e. The maximum Gasteiger partial charge on any atom is 0.254 e. The Balaban J connectivity index is 1.70. The summed E-state index contributed by atoms with van der Waals surface area (Å²) in [5, 5.41) is 5.12. The monoisotopic (exact) mass is 388 g/mol. The summed E-state index contributed by atoms with van der Waals surface area (Å²) in [6.07, 6.45) is 7.77. The number of fused-ring (bicyclic) bond motifs is 1. The van der Waals surface area contributed by atoms with E-state index in [4.69, 9.17) is 15.7 Å². The second kappa shape index (κ2) is 6.81. The van der Waals surface area contributed by atoms with Gasteiger partial charge in [0, 0.05) is 36.7 Å². The number of Topliss-reactive ketones (excluding diaryl/α,β-unsaturated/α-hetero) is 1. The van der Waals surface area contributed by atoms with E-state index in [2.05, 4.69) is 15.3 Å². The molecule has 8 heteroatoms. The van der Waals surface area contributed by atoms with Crippen molar-refractivity contribution in [3.8, 4) is 0 Å². The second-order valence-corrected chi connectivity index (χ2v) is 7.23. The Morgan fingerprint density at radius 1 is 1.41 bits per heavy atom. The van der Waals surface area contributed by atoms with E-state index in [1.807, 2.05) is 5.32 Å². The first-order chi connectivity index (χ1) is 14.1. The third-order valence-corrected chi connectivity index (χ3v) is 5.42. The molecule has 2 aromatic rings. The number of aromatic nitrogens is 2. The predicted octanol–water partition coefficient (Wildman–Crippen LogP) is 3.49. The zero-order chi connectivity index (χ0) is 21.6. The van der Waals surface area contributed by atoms with Crippen molar-refractivity contribution in [2.24, 2.45) is 23.9 Å². The van der Waals surface area contributed by atoms with Gasteiger partial charge in [-0.25, -0.2) is 9.98 Å². The van der Waals surface area contributed by atoms with Crippen molar-refractivity contribution < 1.29 is 13.7 Å². The molecule has 2 aromatic heterocycles. The Morgan fingerprint density at radius 3 is 2.93 bits per heavy atom. The molecule has 140 valence electrons. The van der Waals surface area contributed by atoms with Gasteiger partial charge in [0.1, 0.15) is 11.0 Å². The van der Waals surface area contributed by atoms with Gasteiger partial charge in [-0.2, -0.15) is 0 Å². The number of halogens is 1. The van der Waals surface area contributed by atoms with E-state index in [1.165, 1.54) is 12.3 Å². The molecule has 1 amide bonds. The molecule has 1 fully saturated rings. The minimum absolute atomic E-state index is 0.00423. The molecule has 0 bridgehead atoms. The van der Waals surface area contributed by atoms with E-state index in [0.717, 1.165) is 19.3 Å². The summed E-state index contributed by atoms with van der Waals surface area (Å²) in [6, 6.07) is 1.41. The average molecular weight is 389 g/mol. The molecule has 0 radical (unpaired) electrons. The molecule has 4 rings (SSSR count). The van der Waals surface area contributed by atoms with E-state index < -0.39 is 12.9 Å².